The first kappa shape index (κ1) is 42.3. The lowest BCUT2D eigenvalue weighted by atomic mass is 9.82. The number of nitrogens with one attached hydrogen (secondary N) is 1. The first-order valence-electron chi connectivity index (χ1n) is 16.9. The van der Waals surface area contributed by atoms with Crippen LogP contribution in [0.4, 0.5) is 0 Å². The van der Waals surface area contributed by atoms with E-state index in [-0.39, 0.29) is 12.2 Å². The highest BCUT2D eigenvalue weighted by atomic mass is 16.5. The summed E-state index contributed by atoms with van der Waals surface area (Å²) in [5, 5.41) is 42.1. The molecule has 12 heteroatoms. The molecule has 48 heavy (non-hydrogen) atoms. The topological polar surface area (TPSA) is 197 Å². The standard InChI is InChI=1S/C36H55NO11/c1-26(2)21-23-48-29-19-17-27(18-20-29)24-31(34(42)43)37-33(41)30(36(46,35(44)45)25-32(39)40)16-12-7-5-4-6-10-14-28(38)15-11-8-9-13-22-47-3/h12,16-20,26,30-31,46H,4-11,13-15,21-25H2,1-3H3,(H,37,41)(H,39,40)(H,42,43)(H,44,45)/b16-12+/t30-,31+,36+/m1/s1. The zero-order chi connectivity index (χ0) is 36.0. The maximum absolute atomic E-state index is 13.3. The molecule has 12 nitrogen and oxygen atoms in total. The Balaban J connectivity index is 2.78. The van der Waals surface area contributed by atoms with Crippen LogP contribution in [0.25, 0.3) is 0 Å². The van der Waals surface area contributed by atoms with Gasteiger partial charge in [0.1, 0.15) is 17.6 Å². The van der Waals surface area contributed by atoms with Crippen molar-refractivity contribution in [2.75, 3.05) is 20.3 Å². The molecule has 0 aliphatic carbocycles. The number of aliphatic carboxylic acids is 3. The molecule has 1 rings (SSSR count). The van der Waals surface area contributed by atoms with E-state index in [1.165, 1.54) is 6.08 Å². The van der Waals surface area contributed by atoms with Crippen LogP contribution in [0, 0.1) is 11.8 Å². The Labute approximate surface area is 283 Å². The first-order valence-corrected chi connectivity index (χ1v) is 16.9. The molecule has 0 unspecified atom stereocenters. The van der Waals surface area contributed by atoms with Crippen molar-refractivity contribution in [3.8, 4) is 5.75 Å². The molecule has 1 amide bonds. The highest BCUT2D eigenvalue weighted by Gasteiger charge is 2.49. The van der Waals surface area contributed by atoms with Crippen LogP contribution < -0.4 is 10.1 Å². The minimum absolute atomic E-state index is 0.148. The van der Waals surface area contributed by atoms with E-state index in [0.717, 1.165) is 64.0 Å². The Morgan fingerprint density at radius 2 is 1.46 bits per heavy atom. The number of carboxylic acids is 3. The molecule has 0 radical (unpaired) electrons. The van der Waals surface area contributed by atoms with Gasteiger partial charge in [-0.2, -0.15) is 0 Å². The van der Waals surface area contributed by atoms with Crippen molar-refractivity contribution < 1.29 is 53.9 Å². The lowest BCUT2D eigenvalue weighted by Gasteiger charge is -2.29. The third-order valence-electron chi connectivity index (χ3n) is 7.99. The molecule has 0 fully saturated rings. The second-order valence-corrected chi connectivity index (χ2v) is 12.6. The van der Waals surface area contributed by atoms with Crippen molar-refractivity contribution in [3.05, 3.63) is 42.0 Å². The van der Waals surface area contributed by atoms with Crippen molar-refractivity contribution in [2.45, 2.75) is 115 Å². The van der Waals surface area contributed by atoms with E-state index < -0.39 is 47.8 Å². The Hall–Kier alpha value is -3.77. The van der Waals surface area contributed by atoms with Crippen LogP contribution >= 0.6 is 0 Å². The normalized spacial score (nSPS) is 13.9. The van der Waals surface area contributed by atoms with Gasteiger partial charge in [0.05, 0.1) is 18.9 Å². The number of benzene rings is 1. The summed E-state index contributed by atoms with van der Waals surface area (Å²) in [6.45, 7) is 5.42. The number of carbonyl (C=O) groups is 5. The van der Waals surface area contributed by atoms with E-state index in [1.54, 1.807) is 31.4 Å². The number of carbonyl (C=O) groups excluding carboxylic acids is 2. The monoisotopic (exact) mass is 677 g/mol. The minimum atomic E-state index is -3.02. The maximum atomic E-state index is 13.3. The molecule has 1 aromatic rings. The van der Waals surface area contributed by atoms with Crippen molar-refractivity contribution in [1.29, 1.82) is 0 Å². The molecule has 0 aliphatic rings. The summed E-state index contributed by atoms with van der Waals surface area (Å²) < 4.78 is 10.7. The summed E-state index contributed by atoms with van der Waals surface area (Å²) in [5.74, 6) is -6.64. The number of hydrogen-bond donors (Lipinski definition) is 5. The molecular formula is C36H55NO11. The van der Waals surface area contributed by atoms with Gasteiger partial charge in [-0.1, -0.05) is 63.8 Å². The zero-order valence-electron chi connectivity index (χ0n) is 28.7. The van der Waals surface area contributed by atoms with E-state index in [4.69, 9.17) is 9.47 Å². The SMILES string of the molecule is COCCCCCCC(=O)CCCCCC/C=C/[C@H](C(=O)N[C@@H](Cc1ccc(OCCC(C)C)cc1)C(=O)O)[C@@](O)(CC(=O)O)C(=O)O. The maximum Gasteiger partial charge on any atom is 0.337 e. The lowest BCUT2D eigenvalue weighted by Crippen LogP contribution is -2.55. The number of carboxylic acid groups (broad SMARTS) is 3. The highest BCUT2D eigenvalue weighted by molar-refractivity contribution is 5.94. The van der Waals surface area contributed by atoms with Gasteiger partial charge in [0.15, 0.2) is 5.60 Å². The zero-order valence-corrected chi connectivity index (χ0v) is 28.7. The Morgan fingerprint density at radius 3 is 2.00 bits per heavy atom. The third kappa shape index (κ3) is 17.4. The van der Waals surface area contributed by atoms with Crippen LogP contribution in [0.1, 0.15) is 103 Å². The summed E-state index contributed by atoms with van der Waals surface area (Å²) in [7, 11) is 1.67. The quantitative estimate of drug-likeness (QED) is 0.0578. The van der Waals surface area contributed by atoms with Gasteiger partial charge in [-0.25, -0.2) is 9.59 Å². The van der Waals surface area contributed by atoms with E-state index in [0.29, 0.717) is 49.5 Å². The number of amides is 1. The number of unbranched alkanes of at least 4 members (excludes halogenated alkanes) is 7. The number of rotatable bonds is 28. The van der Waals surface area contributed by atoms with Gasteiger partial charge in [-0.3, -0.25) is 14.4 Å². The summed E-state index contributed by atoms with van der Waals surface area (Å²) in [6.07, 6.45) is 10.4. The predicted molar refractivity (Wildman–Crippen MR) is 180 cm³/mol. The second-order valence-electron chi connectivity index (χ2n) is 12.6. The van der Waals surface area contributed by atoms with Gasteiger partial charge in [0.25, 0.3) is 0 Å². The van der Waals surface area contributed by atoms with Crippen LogP contribution in [-0.2, 0) is 35.1 Å². The molecular weight excluding hydrogens is 622 g/mol. The summed E-state index contributed by atoms with van der Waals surface area (Å²) in [4.78, 5) is 61.0. The molecule has 0 aromatic heterocycles. The van der Waals surface area contributed by atoms with Crippen LogP contribution in [0.3, 0.4) is 0 Å². The van der Waals surface area contributed by atoms with Crippen LogP contribution in [0.15, 0.2) is 36.4 Å². The number of Topliss-reactive ketones (excluding diaryl/α,β-unsaturated/α-hetero) is 1. The first-order chi connectivity index (χ1) is 22.8. The van der Waals surface area contributed by atoms with E-state index >= 15 is 0 Å². The van der Waals surface area contributed by atoms with Gasteiger partial charge in [-0.15, -0.1) is 0 Å². The molecule has 3 atom stereocenters. The molecule has 0 heterocycles. The van der Waals surface area contributed by atoms with Crippen LogP contribution in [0.5, 0.6) is 5.75 Å². The predicted octanol–water partition coefficient (Wildman–Crippen LogP) is 5.19. The molecule has 0 saturated heterocycles. The van der Waals surface area contributed by atoms with E-state index in [9.17, 15) is 44.4 Å². The van der Waals surface area contributed by atoms with Crippen molar-refractivity contribution in [3.63, 3.8) is 0 Å². The minimum Gasteiger partial charge on any atom is -0.494 e. The average molecular weight is 678 g/mol. The fourth-order valence-electron chi connectivity index (χ4n) is 5.06. The Morgan fingerprint density at radius 1 is 0.854 bits per heavy atom. The fourth-order valence-corrected chi connectivity index (χ4v) is 5.06. The van der Waals surface area contributed by atoms with Gasteiger partial charge in [0, 0.05) is 33.0 Å². The molecule has 0 bridgehead atoms. The molecule has 0 spiro atoms. The molecule has 0 saturated carbocycles. The van der Waals surface area contributed by atoms with E-state index in [1.807, 2.05) is 0 Å². The third-order valence-corrected chi connectivity index (χ3v) is 7.99. The van der Waals surface area contributed by atoms with Crippen molar-refractivity contribution in [1.82, 2.24) is 5.32 Å². The Kier molecular flexibility index (Phi) is 20.7. The number of ether oxygens (including phenoxy) is 2. The highest BCUT2D eigenvalue weighted by Crippen LogP contribution is 2.26. The smallest absolute Gasteiger partial charge is 0.337 e. The lowest BCUT2D eigenvalue weighted by molar-refractivity contribution is -0.172. The van der Waals surface area contributed by atoms with Crippen LogP contribution in [-0.4, -0.2) is 82.0 Å². The van der Waals surface area contributed by atoms with Gasteiger partial charge in [-0.05, 0) is 62.1 Å². The van der Waals surface area contributed by atoms with Gasteiger partial charge >= 0.3 is 17.9 Å². The van der Waals surface area contributed by atoms with Gasteiger partial charge in [0.2, 0.25) is 5.91 Å². The van der Waals surface area contributed by atoms with Crippen molar-refractivity contribution >= 4 is 29.6 Å². The largest absolute Gasteiger partial charge is 0.494 e. The summed E-state index contributed by atoms with van der Waals surface area (Å²) in [6, 6.07) is 5.20. The summed E-state index contributed by atoms with van der Waals surface area (Å²) in [5.41, 5.74) is -2.46. The molecule has 1 aromatic carbocycles. The van der Waals surface area contributed by atoms with E-state index in [2.05, 4.69) is 19.2 Å². The summed E-state index contributed by atoms with van der Waals surface area (Å²) >= 11 is 0. The number of ketones is 1. The number of allylic oxidation sites excluding steroid dienone is 1. The molecule has 5 N–H and O–H groups in total. The number of hydrogen-bond acceptors (Lipinski definition) is 8. The number of aliphatic hydroxyl groups is 1. The molecule has 270 valence electrons. The Bertz CT molecular complexity index is 1160. The second kappa shape index (κ2) is 23.5. The fraction of sp³-hybridized carbons (Fsp3) is 0.639. The molecule has 0 aliphatic heterocycles. The van der Waals surface area contributed by atoms with Crippen LogP contribution in [0.2, 0.25) is 0 Å². The van der Waals surface area contributed by atoms with Crippen molar-refractivity contribution in [2.24, 2.45) is 11.8 Å². The average Bonchev–Trinajstić information content (AvgIpc) is 3.01. The number of methoxy groups -OCH3 is 1. The van der Waals surface area contributed by atoms with Gasteiger partial charge < -0.3 is 35.2 Å².